The Morgan fingerprint density at radius 1 is 1.09 bits per heavy atom. The molecule has 3 rings (SSSR count). The van der Waals surface area contributed by atoms with Crippen molar-refractivity contribution in [2.45, 2.75) is 4.90 Å². The number of aromatic nitrogens is 1. The Morgan fingerprint density at radius 3 is 2.62 bits per heavy atom. The average Bonchev–Trinajstić information content (AvgIpc) is 2.80. The lowest BCUT2D eigenvalue weighted by Crippen LogP contribution is -2.27. The van der Waals surface area contributed by atoms with E-state index < -0.39 is 15.9 Å². The predicted molar refractivity (Wildman–Crippen MR) is 123 cm³/mol. The predicted octanol–water partition coefficient (Wildman–Crippen LogP) is 3.84. The van der Waals surface area contributed by atoms with Crippen LogP contribution in [0.5, 0.6) is 5.88 Å². The minimum Gasteiger partial charge on any atom is -0.474 e. The number of carbonyl (C=O) groups excluding carboxylic acids is 1. The molecule has 0 atom stereocenters. The van der Waals surface area contributed by atoms with E-state index in [-0.39, 0.29) is 22.9 Å². The van der Waals surface area contributed by atoms with Crippen molar-refractivity contribution in [1.29, 1.82) is 0 Å². The number of ether oxygens (including phenoxy) is 2. The second-order valence-corrected chi connectivity index (χ2v) is 9.04. The zero-order valence-electron chi connectivity index (χ0n) is 17.5. The van der Waals surface area contributed by atoms with Gasteiger partial charge < -0.3 is 14.8 Å². The Kier molecular flexibility index (Phi) is 7.68. The summed E-state index contributed by atoms with van der Waals surface area (Å²) in [5.74, 6) is -0.264. The van der Waals surface area contributed by atoms with E-state index in [1.165, 1.54) is 37.5 Å². The van der Waals surface area contributed by atoms with Crippen LogP contribution >= 0.6 is 11.6 Å². The van der Waals surface area contributed by atoms with Crippen LogP contribution in [-0.2, 0) is 14.8 Å². The molecule has 0 aliphatic heterocycles. The molecule has 1 aromatic heterocycles. The molecule has 3 aromatic rings. The summed E-state index contributed by atoms with van der Waals surface area (Å²) >= 11 is 5.98. The van der Waals surface area contributed by atoms with Gasteiger partial charge in [-0.3, -0.25) is 9.10 Å². The van der Waals surface area contributed by atoms with Crippen molar-refractivity contribution in [3.63, 3.8) is 0 Å². The number of benzene rings is 2. The molecular weight excluding hydrogens is 454 g/mol. The van der Waals surface area contributed by atoms with Crippen molar-refractivity contribution >= 4 is 38.9 Å². The average molecular weight is 476 g/mol. The number of methoxy groups -OCH3 is 1. The second-order valence-electron chi connectivity index (χ2n) is 6.63. The second kappa shape index (κ2) is 10.4. The third-order valence-corrected chi connectivity index (χ3v) is 6.49. The third-order valence-electron chi connectivity index (χ3n) is 4.47. The maximum absolute atomic E-state index is 13.1. The van der Waals surface area contributed by atoms with Crippen molar-refractivity contribution in [3.05, 3.63) is 77.4 Å². The summed E-state index contributed by atoms with van der Waals surface area (Å²) in [5.41, 5.74) is 0.927. The van der Waals surface area contributed by atoms with E-state index in [1.54, 1.807) is 43.5 Å². The molecule has 0 radical (unpaired) electrons. The number of anilines is 2. The standard InChI is InChI=1S/C22H22ClN3O5S/c1-26(18-8-4-7-17(23)15-18)32(28,29)19-9-3-6-16(14-19)21(27)25-20-10-5-11-24-22(20)31-13-12-30-2/h3-11,14-15H,12-13H2,1-2H3,(H,25,27). The summed E-state index contributed by atoms with van der Waals surface area (Å²) in [6, 6.07) is 15.6. The number of nitrogens with zero attached hydrogens (tertiary/aromatic N) is 2. The quantitative estimate of drug-likeness (QED) is 0.472. The van der Waals surface area contributed by atoms with E-state index in [0.717, 1.165) is 4.31 Å². The molecule has 168 valence electrons. The van der Waals surface area contributed by atoms with Crippen molar-refractivity contribution in [2.24, 2.45) is 0 Å². The van der Waals surface area contributed by atoms with E-state index >= 15 is 0 Å². The van der Waals surface area contributed by atoms with Crippen molar-refractivity contribution < 1.29 is 22.7 Å². The fraction of sp³-hybridized carbons (Fsp3) is 0.182. The molecule has 0 saturated carbocycles. The molecule has 2 aromatic carbocycles. The number of sulfonamides is 1. The third kappa shape index (κ3) is 5.56. The SMILES string of the molecule is COCCOc1ncccc1NC(=O)c1cccc(S(=O)(=O)N(C)c2cccc(Cl)c2)c1. The van der Waals surface area contributed by atoms with Crippen molar-refractivity contribution in [2.75, 3.05) is 37.0 Å². The molecule has 0 spiro atoms. The van der Waals surface area contributed by atoms with Gasteiger partial charge in [-0.25, -0.2) is 13.4 Å². The minimum absolute atomic E-state index is 0.0321. The zero-order valence-corrected chi connectivity index (χ0v) is 19.1. The molecule has 8 nitrogen and oxygen atoms in total. The first-order valence-corrected chi connectivity index (χ1v) is 11.4. The summed E-state index contributed by atoms with van der Waals surface area (Å²) in [7, 11) is -0.942. The fourth-order valence-corrected chi connectivity index (χ4v) is 4.20. The van der Waals surface area contributed by atoms with Crippen LogP contribution in [0.3, 0.4) is 0 Å². The lowest BCUT2D eigenvalue weighted by molar-refractivity contribution is 0.102. The Morgan fingerprint density at radius 2 is 1.88 bits per heavy atom. The van der Waals surface area contributed by atoms with E-state index in [2.05, 4.69) is 10.3 Å². The van der Waals surface area contributed by atoms with Crippen LogP contribution in [0.4, 0.5) is 11.4 Å². The highest BCUT2D eigenvalue weighted by atomic mass is 35.5. The molecule has 32 heavy (non-hydrogen) atoms. The number of carbonyl (C=O) groups is 1. The topological polar surface area (TPSA) is 97.8 Å². The number of amides is 1. The summed E-state index contributed by atoms with van der Waals surface area (Å²) in [4.78, 5) is 16.9. The molecule has 1 N–H and O–H groups in total. The van der Waals surface area contributed by atoms with E-state index in [4.69, 9.17) is 21.1 Å². The molecule has 0 fully saturated rings. The number of halogens is 1. The van der Waals surface area contributed by atoms with Crippen molar-refractivity contribution in [3.8, 4) is 5.88 Å². The van der Waals surface area contributed by atoms with Gasteiger partial charge in [0.05, 0.1) is 17.2 Å². The summed E-state index contributed by atoms with van der Waals surface area (Å²) in [6.45, 7) is 0.629. The lowest BCUT2D eigenvalue weighted by atomic mass is 10.2. The van der Waals surface area contributed by atoms with Crippen LogP contribution < -0.4 is 14.4 Å². The van der Waals surface area contributed by atoms with Gasteiger partial charge in [0.15, 0.2) is 0 Å². The van der Waals surface area contributed by atoms with Crippen LogP contribution in [0.25, 0.3) is 0 Å². The Labute approximate surface area is 191 Å². The summed E-state index contributed by atoms with van der Waals surface area (Å²) in [6.07, 6.45) is 1.54. The highest BCUT2D eigenvalue weighted by molar-refractivity contribution is 7.92. The van der Waals surface area contributed by atoms with Crippen LogP contribution in [-0.4, -0.2) is 46.7 Å². The number of hydrogen-bond acceptors (Lipinski definition) is 6. The summed E-state index contributed by atoms with van der Waals surface area (Å²) < 4.78 is 37.8. The van der Waals surface area contributed by atoms with Crippen LogP contribution in [0.1, 0.15) is 10.4 Å². The molecular formula is C22H22ClN3O5S. The maximum atomic E-state index is 13.1. The Balaban J connectivity index is 1.82. The zero-order chi connectivity index (χ0) is 23.1. The van der Waals surface area contributed by atoms with Crippen LogP contribution in [0.15, 0.2) is 71.8 Å². The summed E-state index contributed by atoms with van der Waals surface area (Å²) in [5, 5.41) is 3.12. The van der Waals surface area contributed by atoms with E-state index in [0.29, 0.717) is 23.0 Å². The van der Waals surface area contributed by atoms with Gasteiger partial charge in [0, 0.05) is 30.9 Å². The van der Waals surface area contributed by atoms with Gasteiger partial charge in [-0.2, -0.15) is 0 Å². The van der Waals surface area contributed by atoms with Crippen LogP contribution in [0, 0.1) is 0 Å². The largest absolute Gasteiger partial charge is 0.474 e. The number of hydrogen-bond donors (Lipinski definition) is 1. The van der Waals surface area contributed by atoms with Gasteiger partial charge in [0.25, 0.3) is 15.9 Å². The Hall–Kier alpha value is -3.14. The maximum Gasteiger partial charge on any atom is 0.264 e. The number of nitrogens with one attached hydrogen (secondary N) is 1. The first-order valence-electron chi connectivity index (χ1n) is 9.55. The molecule has 0 unspecified atom stereocenters. The van der Waals surface area contributed by atoms with Gasteiger partial charge in [0.2, 0.25) is 5.88 Å². The molecule has 1 heterocycles. The molecule has 0 saturated heterocycles. The first-order chi connectivity index (χ1) is 15.3. The molecule has 0 aliphatic carbocycles. The molecule has 0 bridgehead atoms. The smallest absolute Gasteiger partial charge is 0.264 e. The monoisotopic (exact) mass is 475 g/mol. The van der Waals surface area contributed by atoms with E-state index in [9.17, 15) is 13.2 Å². The van der Waals surface area contributed by atoms with Gasteiger partial charge in [-0.1, -0.05) is 23.7 Å². The molecule has 1 amide bonds. The van der Waals surface area contributed by atoms with E-state index in [1.807, 2.05) is 0 Å². The normalized spacial score (nSPS) is 11.1. The lowest BCUT2D eigenvalue weighted by Gasteiger charge is -2.20. The van der Waals surface area contributed by atoms with Gasteiger partial charge in [0.1, 0.15) is 12.3 Å². The highest BCUT2D eigenvalue weighted by Crippen LogP contribution is 2.26. The van der Waals surface area contributed by atoms with Crippen molar-refractivity contribution in [1.82, 2.24) is 4.98 Å². The molecule has 0 aliphatic rings. The van der Waals surface area contributed by atoms with Gasteiger partial charge in [-0.05, 0) is 48.5 Å². The Bertz CT molecular complexity index is 1200. The number of rotatable bonds is 9. The van der Waals surface area contributed by atoms with Gasteiger partial charge >= 0.3 is 0 Å². The minimum atomic E-state index is -3.92. The van der Waals surface area contributed by atoms with Crippen LogP contribution in [0.2, 0.25) is 5.02 Å². The van der Waals surface area contributed by atoms with Gasteiger partial charge in [-0.15, -0.1) is 0 Å². The highest BCUT2D eigenvalue weighted by Gasteiger charge is 2.23. The first kappa shape index (κ1) is 23.5. The number of pyridine rings is 1. The molecule has 10 heteroatoms. The fourth-order valence-electron chi connectivity index (χ4n) is 2.78.